The molecule has 4 unspecified atom stereocenters. The van der Waals surface area contributed by atoms with Crippen molar-refractivity contribution in [1.82, 2.24) is 25.5 Å². The van der Waals surface area contributed by atoms with Crippen molar-refractivity contribution in [2.24, 2.45) is 5.73 Å². The molecule has 210 valence electrons. The van der Waals surface area contributed by atoms with Crippen molar-refractivity contribution < 1.29 is 39.3 Å². The van der Waals surface area contributed by atoms with E-state index >= 15 is 0 Å². The zero-order valence-electron chi connectivity index (χ0n) is 21.1. The standard InChI is InChI=1S/C25H32N6O8/c26-17(11-15-12-27-13-28-15)22(35)30-19(10-14-3-5-16(32)6-4-14)24(37)31-9-1-2-20(31)23(36)29-18(25(38)39)7-8-21(33)34/h3-6,12-13,17-20,32H,1-2,7-11,26H2,(H,27,28)(H,29,36)(H,30,35)(H,33,34)(H,38,39). The quantitative estimate of drug-likeness (QED) is 0.165. The van der Waals surface area contributed by atoms with Crippen LogP contribution in [0.1, 0.15) is 36.9 Å². The molecule has 0 bridgehead atoms. The molecule has 3 rings (SSSR count). The van der Waals surface area contributed by atoms with Gasteiger partial charge in [-0.15, -0.1) is 0 Å². The number of amides is 3. The summed E-state index contributed by atoms with van der Waals surface area (Å²) in [5.74, 6) is -4.43. The first-order valence-electron chi connectivity index (χ1n) is 12.4. The van der Waals surface area contributed by atoms with Crippen LogP contribution < -0.4 is 16.4 Å². The van der Waals surface area contributed by atoms with Gasteiger partial charge >= 0.3 is 11.9 Å². The SMILES string of the molecule is NC(Cc1cnc[nH]1)C(=O)NC(Cc1ccc(O)cc1)C(=O)N1CCCC1C(=O)NC(CCC(=O)O)C(=O)O. The number of aromatic amines is 1. The van der Waals surface area contributed by atoms with Crippen LogP contribution in [0.25, 0.3) is 0 Å². The van der Waals surface area contributed by atoms with Crippen molar-refractivity contribution in [1.29, 1.82) is 0 Å². The number of carboxylic acids is 2. The molecule has 1 aliphatic heterocycles. The summed E-state index contributed by atoms with van der Waals surface area (Å²) >= 11 is 0. The van der Waals surface area contributed by atoms with Gasteiger partial charge in [-0.05, 0) is 37.0 Å². The number of nitrogens with zero attached hydrogens (tertiary/aromatic N) is 2. The summed E-state index contributed by atoms with van der Waals surface area (Å²) in [4.78, 5) is 70.0. The van der Waals surface area contributed by atoms with Gasteiger partial charge in [0.25, 0.3) is 0 Å². The number of carboxylic acid groups (broad SMARTS) is 2. The Bertz CT molecular complexity index is 1170. The van der Waals surface area contributed by atoms with E-state index in [4.69, 9.17) is 10.8 Å². The Morgan fingerprint density at radius 2 is 1.79 bits per heavy atom. The summed E-state index contributed by atoms with van der Waals surface area (Å²) in [7, 11) is 0. The molecule has 1 aliphatic rings. The van der Waals surface area contributed by atoms with E-state index in [9.17, 15) is 34.2 Å². The predicted octanol–water partition coefficient (Wildman–Crippen LogP) is -0.862. The van der Waals surface area contributed by atoms with Crippen LogP contribution in [0.5, 0.6) is 5.75 Å². The number of rotatable bonds is 13. The van der Waals surface area contributed by atoms with Crippen LogP contribution in [0.3, 0.4) is 0 Å². The Hall–Kier alpha value is -4.46. The number of likely N-dealkylation sites (tertiary alicyclic amines) is 1. The number of aliphatic carboxylic acids is 2. The molecule has 1 aromatic heterocycles. The van der Waals surface area contributed by atoms with Crippen molar-refractivity contribution in [3.63, 3.8) is 0 Å². The Balaban J connectivity index is 1.76. The van der Waals surface area contributed by atoms with Gasteiger partial charge in [0.15, 0.2) is 0 Å². The number of phenols is 1. The summed E-state index contributed by atoms with van der Waals surface area (Å²) in [5.41, 5.74) is 7.32. The molecule has 39 heavy (non-hydrogen) atoms. The van der Waals surface area contributed by atoms with Crippen molar-refractivity contribution in [3.05, 3.63) is 48.0 Å². The second-order valence-corrected chi connectivity index (χ2v) is 9.34. The average molecular weight is 545 g/mol. The van der Waals surface area contributed by atoms with E-state index in [1.54, 1.807) is 12.1 Å². The molecule has 0 spiro atoms. The third-order valence-electron chi connectivity index (χ3n) is 6.42. The number of nitrogens with one attached hydrogen (secondary N) is 3. The zero-order valence-corrected chi connectivity index (χ0v) is 21.1. The van der Waals surface area contributed by atoms with Crippen LogP contribution in [0, 0.1) is 0 Å². The molecule has 3 amide bonds. The smallest absolute Gasteiger partial charge is 0.326 e. The normalized spacial score (nSPS) is 17.2. The first-order chi connectivity index (χ1) is 18.5. The largest absolute Gasteiger partial charge is 0.508 e. The molecular weight excluding hydrogens is 512 g/mol. The number of nitrogens with two attached hydrogens (primary N) is 1. The van der Waals surface area contributed by atoms with Gasteiger partial charge in [0.05, 0.1) is 12.4 Å². The molecule has 4 atom stereocenters. The van der Waals surface area contributed by atoms with Gasteiger partial charge in [0, 0.05) is 37.7 Å². The Kier molecular flexibility index (Phi) is 9.98. The van der Waals surface area contributed by atoms with Crippen molar-refractivity contribution in [3.8, 4) is 5.75 Å². The molecule has 2 heterocycles. The minimum absolute atomic E-state index is 0.0272. The number of benzene rings is 1. The van der Waals surface area contributed by atoms with Gasteiger partial charge in [-0.1, -0.05) is 12.1 Å². The highest BCUT2D eigenvalue weighted by Gasteiger charge is 2.39. The summed E-state index contributed by atoms with van der Waals surface area (Å²) in [6, 6.07) is 1.55. The number of aromatic hydroxyl groups is 1. The van der Waals surface area contributed by atoms with Crippen LogP contribution in [-0.4, -0.2) is 90.6 Å². The minimum Gasteiger partial charge on any atom is -0.508 e. The van der Waals surface area contributed by atoms with Crippen LogP contribution >= 0.6 is 0 Å². The average Bonchev–Trinajstić information content (AvgIpc) is 3.59. The second-order valence-electron chi connectivity index (χ2n) is 9.34. The van der Waals surface area contributed by atoms with Crippen LogP contribution in [0.2, 0.25) is 0 Å². The molecule has 14 nitrogen and oxygen atoms in total. The van der Waals surface area contributed by atoms with Crippen molar-refractivity contribution in [2.75, 3.05) is 6.54 Å². The molecule has 1 aromatic carbocycles. The van der Waals surface area contributed by atoms with E-state index < -0.39 is 60.2 Å². The lowest BCUT2D eigenvalue weighted by Crippen LogP contribution is -2.57. The molecule has 14 heteroatoms. The topological polar surface area (TPSA) is 228 Å². The third-order valence-corrected chi connectivity index (χ3v) is 6.42. The summed E-state index contributed by atoms with van der Waals surface area (Å²) < 4.78 is 0. The monoisotopic (exact) mass is 544 g/mol. The molecule has 8 N–H and O–H groups in total. The van der Waals surface area contributed by atoms with E-state index in [-0.39, 0.29) is 38.0 Å². The lowest BCUT2D eigenvalue weighted by Gasteiger charge is -2.30. The van der Waals surface area contributed by atoms with Crippen LogP contribution in [-0.2, 0) is 36.8 Å². The lowest BCUT2D eigenvalue weighted by molar-refractivity contribution is -0.145. The molecule has 2 aromatic rings. The predicted molar refractivity (Wildman–Crippen MR) is 135 cm³/mol. The Morgan fingerprint density at radius 3 is 2.41 bits per heavy atom. The van der Waals surface area contributed by atoms with Crippen molar-refractivity contribution in [2.45, 2.75) is 62.7 Å². The maximum absolute atomic E-state index is 13.7. The van der Waals surface area contributed by atoms with Crippen LogP contribution in [0.15, 0.2) is 36.8 Å². The summed E-state index contributed by atoms with van der Waals surface area (Å²) in [6.45, 7) is 0.200. The molecular formula is C25H32N6O8. The molecule has 0 radical (unpaired) electrons. The van der Waals surface area contributed by atoms with Gasteiger partial charge in [-0.2, -0.15) is 0 Å². The number of hydrogen-bond acceptors (Lipinski definition) is 8. The second kappa shape index (κ2) is 13.4. The molecule has 0 saturated carbocycles. The molecule has 1 saturated heterocycles. The van der Waals surface area contributed by atoms with Gasteiger partial charge in [0.1, 0.15) is 23.9 Å². The zero-order chi connectivity index (χ0) is 28.5. The fourth-order valence-electron chi connectivity index (χ4n) is 4.37. The minimum atomic E-state index is -1.43. The molecule has 0 aliphatic carbocycles. The number of phenolic OH excluding ortho intramolecular Hbond substituents is 1. The van der Waals surface area contributed by atoms with Crippen LogP contribution in [0.4, 0.5) is 0 Å². The van der Waals surface area contributed by atoms with E-state index in [2.05, 4.69) is 20.6 Å². The van der Waals surface area contributed by atoms with E-state index in [0.717, 1.165) is 0 Å². The van der Waals surface area contributed by atoms with E-state index in [1.165, 1.54) is 29.6 Å². The summed E-state index contributed by atoms with van der Waals surface area (Å²) in [5, 5.41) is 32.9. The van der Waals surface area contributed by atoms with Gasteiger partial charge in [-0.25, -0.2) is 9.78 Å². The van der Waals surface area contributed by atoms with Gasteiger partial charge in [0.2, 0.25) is 17.7 Å². The van der Waals surface area contributed by atoms with Gasteiger partial charge < -0.3 is 41.6 Å². The van der Waals surface area contributed by atoms with E-state index in [1.807, 2.05) is 0 Å². The number of carbonyl (C=O) groups excluding carboxylic acids is 3. The fraction of sp³-hybridized carbons (Fsp3) is 0.440. The number of H-pyrrole nitrogens is 1. The third kappa shape index (κ3) is 8.26. The highest BCUT2D eigenvalue weighted by atomic mass is 16.4. The highest BCUT2D eigenvalue weighted by molar-refractivity contribution is 5.94. The Labute approximate surface area is 223 Å². The maximum atomic E-state index is 13.7. The summed E-state index contributed by atoms with van der Waals surface area (Å²) in [6.07, 6.45) is 3.14. The Morgan fingerprint density at radius 1 is 1.08 bits per heavy atom. The fourth-order valence-corrected chi connectivity index (χ4v) is 4.37. The lowest BCUT2D eigenvalue weighted by atomic mass is 10.0. The van der Waals surface area contributed by atoms with E-state index in [0.29, 0.717) is 17.7 Å². The maximum Gasteiger partial charge on any atom is 0.326 e. The molecule has 1 fully saturated rings. The van der Waals surface area contributed by atoms with Crippen molar-refractivity contribution >= 4 is 29.7 Å². The highest BCUT2D eigenvalue weighted by Crippen LogP contribution is 2.21. The first-order valence-corrected chi connectivity index (χ1v) is 12.4. The first kappa shape index (κ1) is 29.1. The number of hydrogen-bond donors (Lipinski definition) is 7. The number of carbonyl (C=O) groups is 5. The number of aromatic nitrogens is 2. The number of imidazole rings is 1. The van der Waals surface area contributed by atoms with Gasteiger partial charge in [-0.3, -0.25) is 19.2 Å².